The van der Waals surface area contributed by atoms with Crippen LogP contribution in [-0.4, -0.2) is 30.3 Å². The van der Waals surface area contributed by atoms with Gasteiger partial charge < -0.3 is 15.2 Å². The van der Waals surface area contributed by atoms with Gasteiger partial charge >= 0.3 is 0 Å². The summed E-state index contributed by atoms with van der Waals surface area (Å²) in [5.74, 6) is -2.14. The minimum absolute atomic E-state index is 0.000149. The van der Waals surface area contributed by atoms with Crippen molar-refractivity contribution in [3.63, 3.8) is 0 Å². The third-order valence-corrected chi connectivity index (χ3v) is 3.92. The molecule has 1 atom stereocenters. The second-order valence-corrected chi connectivity index (χ2v) is 5.60. The summed E-state index contributed by atoms with van der Waals surface area (Å²) in [4.78, 5) is 12.4. The maximum Gasteiger partial charge on any atom is 0.261 e. The average Bonchev–Trinajstić information content (AvgIpc) is 2.92. The van der Waals surface area contributed by atoms with Crippen LogP contribution in [0.25, 0.3) is 0 Å². The molecule has 0 bridgehead atoms. The minimum Gasteiger partial charge on any atom is -0.491 e. The van der Waals surface area contributed by atoms with E-state index < -0.39 is 17.7 Å². The zero-order valence-electron chi connectivity index (χ0n) is 11.8. The van der Waals surface area contributed by atoms with Gasteiger partial charge in [-0.1, -0.05) is 0 Å². The molecule has 2 aromatic rings. The molecule has 0 aliphatic rings. The van der Waals surface area contributed by atoms with E-state index in [1.165, 1.54) is 17.4 Å². The summed E-state index contributed by atoms with van der Waals surface area (Å²) < 4.78 is 30.9. The van der Waals surface area contributed by atoms with Crippen molar-refractivity contribution >= 4 is 17.2 Å². The molecule has 0 spiro atoms. The number of amides is 1. The summed E-state index contributed by atoms with van der Waals surface area (Å²) >= 11 is 1.32. The van der Waals surface area contributed by atoms with Gasteiger partial charge in [-0.25, -0.2) is 8.78 Å². The highest BCUT2D eigenvalue weighted by Gasteiger charge is 2.13. The third kappa shape index (κ3) is 4.25. The van der Waals surface area contributed by atoms with Crippen LogP contribution in [0.2, 0.25) is 0 Å². The van der Waals surface area contributed by atoms with Gasteiger partial charge in [0.1, 0.15) is 18.5 Å². The van der Waals surface area contributed by atoms with Crippen molar-refractivity contribution in [1.82, 2.24) is 5.32 Å². The first kappa shape index (κ1) is 16.4. The second-order valence-electron chi connectivity index (χ2n) is 4.68. The Morgan fingerprint density at radius 2 is 2.14 bits per heavy atom. The predicted octanol–water partition coefficient (Wildman–Crippen LogP) is 2.50. The van der Waals surface area contributed by atoms with Crippen molar-refractivity contribution in [3.05, 3.63) is 51.7 Å². The number of halogens is 2. The van der Waals surface area contributed by atoms with Crippen molar-refractivity contribution in [1.29, 1.82) is 0 Å². The number of aryl methyl sites for hydroxylation is 1. The normalized spacial score (nSPS) is 12.0. The lowest BCUT2D eigenvalue weighted by molar-refractivity contribution is 0.0846. The lowest BCUT2D eigenvalue weighted by Gasteiger charge is -2.13. The van der Waals surface area contributed by atoms with E-state index in [1.54, 1.807) is 0 Å². The number of carbonyl (C=O) groups is 1. The highest BCUT2D eigenvalue weighted by atomic mass is 32.1. The summed E-state index contributed by atoms with van der Waals surface area (Å²) in [6.07, 6.45) is -0.961. The molecule has 1 aromatic heterocycles. The number of hydrogen-bond acceptors (Lipinski definition) is 4. The molecule has 1 amide bonds. The Kier molecular flexibility index (Phi) is 5.46. The van der Waals surface area contributed by atoms with Gasteiger partial charge in [0, 0.05) is 12.6 Å². The van der Waals surface area contributed by atoms with Crippen molar-refractivity contribution < 1.29 is 23.4 Å². The number of aliphatic hydroxyl groups excluding tert-OH is 1. The first-order chi connectivity index (χ1) is 10.5. The van der Waals surface area contributed by atoms with Crippen LogP contribution in [-0.2, 0) is 0 Å². The fourth-order valence-electron chi connectivity index (χ4n) is 1.71. The first-order valence-electron chi connectivity index (χ1n) is 6.55. The van der Waals surface area contributed by atoms with Crippen molar-refractivity contribution in [2.45, 2.75) is 13.0 Å². The summed E-state index contributed by atoms with van der Waals surface area (Å²) in [7, 11) is 0. The van der Waals surface area contributed by atoms with Gasteiger partial charge in [0.25, 0.3) is 5.91 Å². The van der Waals surface area contributed by atoms with Gasteiger partial charge in [-0.3, -0.25) is 4.79 Å². The number of benzene rings is 1. The van der Waals surface area contributed by atoms with Crippen molar-refractivity contribution in [3.8, 4) is 5.75 Å². The van der Waals surface area contributed by atoms with E-state index in [2.05, 4.69) is 5.32 Å². The minimum atomic E-state index is -1.02. The lowest BCUT2D eigenvalue weighted by atomic mass is 10.2. The zero-order chi connectivity index (χ0) is 16.1. The third-order valence-electron chi connectivity index (χ3n) is 2.90. The Bertz CT molecular complexity index is 660. The van der Waals surface area contributed by atoms with Gasteiger partial charge in [0.15, 0.2) is 11.6 Å². The van der Waals surface area contributed by atoms with Gasteiger partial charge in [-0.15, -0.1) is 11.3 Å². The van der Waals surface area contributed by atoms with E-state index in [0.29, 0.717) is 4.88 Å². The molecule has 1 unspecified atom stereocenters. The largest absolute Gasteiger partial charge is 0.491 e. The molecule has 2 rings (SSSR count). The Hall–Kier alpha value is -1.99. The maximum absolute atomic E-state index is 13.0. The SMILES string of the molecule is Cc1ccsc1C(=O)NCC(O)COc1ccc(F)c(F)c1. The van der Waals surface area contributed by atoms with Crippen LogP contribution in [0.4, 0.5) is 8.78 Å². The Labute approximate surface area is 130 Å². The molecule has 4 nitrogen and oxygen atoms in total. The molecule has 1 heterocycles. The molecule has 2 N–H and O–H groups in total. The number of thiophene rings is 1. The second kappa shape index (κ2) is 7.33. The van der Waals surface area contributed by atoms with Gasteiger partial charge in [0.2, 0.25) is 0 Å². The van der Waals surface area contributed by atoms with E-state index in [1.807, 2.05) is 18.4 Å². The van der Waals surface area contributed by atoms with E-state index in [4.69, 9.17) is 4.74 Å². The van der Waals surface area contributed by atoms with Gasteiger partial charge in [-0.05, 0) is 36.1 Å². The van der Waals surface area contributed by atoms with Crippen molar-refractivity contribution in [2.24, 2.45) is 0 Å². The molecular formula is C15H15F2NO3S. The molecule has 0 fully saturated rings. The Balaban J connectivity index is 1.78. The topological polar surface area (TPSA) is 58.6 Å². The molecule has 118 valence electrons. The van der Waals surface area contributed by atoms with Crippen LogP contribution in [0.5, 0.6) is 5.75 Å². The molecule has 7 heteroatoms. The van der Waals surface area contributed by atoms with Crippen LogP contribution in [0.1, 0.15) is 15.2 Å². The predicted molar refractivity (Wildman–Crippen MR) is 79.2 cm³/mol. The highest BCUT2D eigenvalue weighted by Crippen LogP contribution is 2.16. The number of carbonyl (C=O) groups excluding carboxylic acids is 1. The van der Waals surface area contributed by atoms with E-state index in [9.17, 15) is 18.7 Å². The maximum atomic E-state index is 13.0. The number of rotatable bonds is 6. The van der Waals surface area contributed by atoms with Crippen LogP contribution in [0.3, 0.4) is 0 Å². The number of hydrogen-bond donors (Lipinski definition) is 2. The lowest BCUT2D eigenvalue weighted by Crippen LogP contribution is -2.35. The van der Waals surface area contributed by atoms with E-state index in [0.717, 1.165) is 17.7 Å². The molecular weight excluding hydrogens is 312 g/mol. The fraction of sp³-hybridized carbons (Fsp3) is 0.267. The van der Waals surface area contributed by atoms with Gasteiger partial charge in [0.05, 0.1) is 4.88 Å². The molecule has 0 radical (unpaired) electrons. The summed E-state index contributed by atoms with van der Waals surface area (Å²) in [6, 6.07) is 4.94. The summed E-state index contributed by atoms with van der Waals surface area (Å²) in [6.45, 7) is 1.68. The quantitative estimate of drug-likeness (QED) is 0.857. The van der Waals surface area contributed by atoms with E-state index >= 15 is 0 Å². The summed E-state index contributed by atoms with van der Waals surface area (Å²) in [5, 5.41) is 14.1. The van der Waals surface area contributed by atoms with Gasteiger partial charge in [-0.2, -0.15) is 0 Å². The smallest absolute Gasteiger partial charge is 0.261 e. The zero-order valence-corrected chi connectivity index (χ0v) is 12.6. The number of aliphatic hydroxyl groups is 1. The molecule has 0 aliphatic carbocycles. The fourth-order valence-corrected chi connectivity index (χ4v) is 2.56. The molecule has 1 aromatic carbocycles. The number of nitrogens with one attached hydrogen (secondary N) is 1. The highest BCUT2D eigenvalue weighted by molar-refractivity contribution is 7.12. The molecule has 0 saturated heterocycles. The number of ether oxygens (including phenoxy) is 1. The van der Waals surface area contributed by atoms with Crippen LogP contribution < -0.4 is 10.1 Å². The molecule has 0 saturated carbocycles. The van der Waals surface area contributed by atoms with E-state index in [-0.39, 0.29) is 24.8 Å². The standard InChI is InChI=1S/C15H15F2NO3S/c1-9-4-5-22-14(9)15(20)18-7-10(19)8-21-11-2-3-12(16)13(17)6-11/h2-6,10,19H,7-8H2,1H3,(H,18,20). The Morgan fingerprint density at radius 1 is 1.36 bits per heavy atom. The summed E-state index contributed by atoms with van der Waals surface area (Å²) in [5.41, 5.74) is 0.870. The van der Waals surface area contributed by atoms with Crippen LogP contribution in [0, 0.1) is 18.6 Å². The molecule has 22 heavy (non-hydrogen) atoms. The first-order valence-corrected chi connectivity index (χ1v) is 7.43. The Morgan fingerprint density at radius 3 is 2.77 bits per heavy atom. The monoisotopic (exact) mass is 327 g/mol. The average molecular weight is 327 g/mol. The van der Waals surface area contributed by atoms with Crippen LogP contribution in [0.15, 0.2) is 29.6 Å². The van der Waals surface area contributed by atoms with Crippen LogP contribution >= 0.6 is 11.3 Å². The molecule has 0 aliphatic heterocycles. The van der Waals surface area contributed by atoms with Crippen molar-refractivity contribution in [2.75, 3.05) is 13.2 Å².